The van der Waals surface area contributed by atoms with E-state index in [1.807, 2.05) is 4.72 Å². The molecule has 0 heterocycles. The zero-order valence-corrected chi connectivity index (χ0v) is 10.6. The summed E-state index contributed by atoms with van der Waals surface area (Å²) in [6.45, 7) is 1.37. The van der Waals surface area contributed by atoms with Gasteiger partial charge in [-0.3, -0.25) is 0 Å². The lowest BCUT2D eigenvalue weighted by Crippen LogP contribution is -2.31. The third-order valence-electron chi connectivity index (χ3n) is 1.71. The summed E-state index contributed by atoms with van der Waals surface area (Å²) in [5.41, 5.74) is 0. The van der Waals surface area contributed by atoms with E-state index in [1.54, 1.807) is 6.07 Å². The van der Waals surface area contributed by atoms with Gasteiger partial charge in [0.2, 0.25) is 10.0 Å². The van der Waals surface area contributed by atoms with E-state index in [9.17, 15) is 12.8 Å². The summed E-state index contributed by atoms with van der Waals surface area (Å²) in [6, 6.07) is 4.38. The minimum Gasteiger partial charge on any atom is -0.207 e. The van der Waals surface area contributed by atoms with E-state index in [0.717, 1.165) is 12.1 Å². The molecular formula is C9H8BrFN2O2S. The van der Waals surface area contributed by atoms with Gasteiger partial charge in [-0.05, 0) is 25.1 Å². The molecule has 1 atom stereocenters. The van der Waals surface area contributed by atoms with Crippen LogP contribution in [0.5, 0.6) is 0 Å². The fourth-order valence-corrected chi connectivity index (χ4v) is 2.56. The van der Waals surface area contributed by atoms with Gasteiger partial charge >= 0.3 is 0 Å². The van der Waals surface area contributed by atoms with Crippen molar-refractivity contribution in [3.8, 4) is 6.07 Å². The first-order valence-electron chi connectivity index (χ1n) is 4.24. The number of nitriles is 1. The zero-order valence-electron chi connectivity index (χ0n) is 8.24. The molecule has 86 valence electrons. The third-order valence-corrected chi connectivity index (χ3v) is 3.78. The van der Waals surface area contributed by atoms with E-state index >= 15 is 0 Å². The molecule has 1 rings (SSSR count). The van der Waals surface area contributed by atoms with Crippen LogP contribution in [0.3, 0.4) is 0 Å². The van der Waals surface area contributed by atoms with Crippen LogP contribution in [0.1, 0.15) is 6.92 Å². The van der Waals surface area contributed by atoms with Crippen LogP contribution in [0.2, 0.25) is 0 Å². The van der Waals surface area contributed by atoms with E-state index in [-0.39, 0.29) is 0 Å². The third kappa shape index (κ3) is 3.01. The minimum absolute atomic E-state index is 0.442. The van der Waals surface area contributed by atoms with Crippen molar-refractivity contribution < 1.29 is 12.8 Å². The van der Waals surface area contributed by atoms with Gasteiger partial charge in [0.15, 0.2) is 0 Å². The summed E-state index contributed by atoms with van der Waals surface area (Å²) in [4.78, 5) is -0.474. The van der Waals surface area contributed by atoms with Gasteiger partial charge < -0.3 is 0 Å². The Morgan fingerprint density at radius 2 is 2.19 bits per heavy atom. The molecule has 0 radical (unpaired) electrons. The molecule has 0 aliphatic heterocycles. The first kappa shape index (κ1) is 13.1. The normalized spacial score (nSPS) is 13.1. The lowest BCUT2D eigenvalue weighted by molar-refractivity contribution is 0.553. The maximum Gasteiger partial charge on any atom is 0.244 e. The largest absolute Gasteiger partial charge is 0.244 e. The van der Waals surface area contributed by atoms with Crippen molar-refractivity contribution in [2.45, 2.75) is 17.9 Å². The zero-order chi connectivity index (χ0) is 12.3. The summed E-state index contributed by atoms with van der Waals surface area (Å²) in [5.74, 6) is -0.869. The van der Waals surface area contributed by atoms with Crippen LogP contribution >= 0.6 is 15.9 Å². The second-order valence-electron chi connectivity index (χ2n) is 3.05. The standard InChI is InChI=1S/C9H8BrFN2O2S/c1-6(5-12)13-16(14,15)9-3-2-7(10)4-8(9)11/h2-4,6,13H,1H3. The molecule has 0 fully saturated rings. The van der Waals surface area contributed by atoms with E-state index in [1.165, 1.54) is 13.0 Å². The van der Waals surface area contributed by atoms with Gasteiger partial charge in [0, 0.05) is 4.47 Å². The highest BCUT2D eigenvalue weighted by molar-refractivity contribution is 9.10. The Morgan fingerprint density at radius 3 is 2.69 bits per heavy atom. The Hall–Kier alpha value is -0.970. The van der Waals surface area contributed by atoms with Gasteiger partial charge in [-0.2, -0.15) is 9.98 Å². The van der Waals surface area contributed by atoms with Crippen molar-refractivity contribution in [3.63, 3.8) is 0 Å². The quantitative estimate of drug-likeness (QED) is 0.925. The summed E-state index contributed by atoms with van der Waals surface area (Å²) < 4.78 is 39.1. The minimum atomic E-state index is -3.99. The van der Waals surface area contributed by atoms with Gasteiger partial charge in [-0.15, -0.1) is 0 Å². The average molecular weight is 307 g/mol. The Morgan fingerprint density at radius 1 is 1.56 bits per heavy atom. The van der Waals surface area contributed by atoms with Crippen molar-refractivity contribution in [2.24, 2.45) is 0 Å². The lowest BCUT2D eigenvalue weighted by Gasteiger charge is -2.08. The van der Waals surface area contributed by atoms with Crippen molar-refractivity contribution in [2.75, 3.05) is 0 Å². The van der Waals surface area contributed by atoms with Crippen molar-refractivity contribution >= 4 is 26.0 Å². The molecule has 1 aromatic rings. The van der Waals surface area contributed by atoms with Crippen molar-refractivity contribution in [1.82, 2.24) is 4.72 Å². The Labute approximate surface area is 101 Å². The molecule has 4 nitrogen and oxygen atoms in total. The fraction of sp³-hybridized carbons (Fsp3) is 0.222. The molecule has 0 aliphatic carbocycles. The van der Waals surface area contributed by atoms with Crippen molar-refractivity contribution in [3.05, 3.63) is 28.5 Å². The highest BCUT2D eigenvalue weighted by Gasteiger charge is 2.21. The average Bonchev–Trinajstić information content (AvgIpc) is 2.16. The number of sulfonamides is 1. The molecular weight excluding hydrogens is 299 g/mol. The first-order valence-corrected chi connectivity index (χ1v) is 6.51. The van der Waals surface area contributed by atoms with E-state index < -0.39 is 26.8 Å². The van der Waals surface area contributed by atoms with Crippen molar-refractivity contribution in [1.29, 1.82) is 5.26 Å². The molecule has 0 bridgehead atoms. The Balaban J connectivity index is 3.14. The van der Waals surface area contributed by atoms with Crippen LogP contribution in [0, 0.1) is 17.1 Å². The van der Waals surface area contributed by atoms with Crippen LogP contribution in [0.4, 0.5) is 4.39 Å². The van der Waals surface area contributed by atoms with E-state index in [0.29, 0.717) is 4.47 Å². The van der Waals surface area contributed by atoms with Gasteiger partial charge in [-0.1, -0.05) is 15.9 Å². The summed E-state index contributed by atoms with van der Waals surface area (Å²) in [5, 5.41) is 8.48. The predicted molar refractivity (Wildman–Crippen MR) is 59.5 cm³/mol. The van der Waals surface area contributed by atoms with Crippen LogP contribution in [-0.4, -0.2) is 14.5 Å². The number of nitrogens with one attached hydrogen (secondary N) is 1. The van der Waals surface area contributed by atoms with Crippen LogP contribution in [0.25, 0.3) is 0 Å². The molecule has 0 amide bonds. The predicted octanol–water partition coefficient (Wildman–Crippen LogP) is 1.78. The van der Waals surface area contributed by atoms with Gasteiger partial charge in [0.1, 0.15) is 16.8 Å². The Kier molecular flexibility index (Phi) is 4.02. The van der Waals surface area contributed by atoms with Gasteiger partial charge in [0.05, 0.1) is 6.07 Å². The van der Waals surface area contributed by atoms with Crippen LogP contribution in [-0.2, 0) is 10.0 Å². The Bertz CT molecular complexity index is 539. The SMILES string of the molecule is CC(C#N)NS(=O)(=O)c1ccc(Br)cc1F. The van der Waals surface area contributed by atoms with Crippen LogP contribution in [0.15, 0.2) is 27.6 Å². The molecule has 16 heavy (non-hydrogen) atoms. The number of hydrogen-bond donors (Lipinski definition) is 1. The monoisotopic (exact) mass is 306 g/mol. The molecule has 1 aromatic carbocycles. The smallest absolute Gasteiger partial charge is 0.207 e. The lowest BCUT2D eigenvalue weighted by atomic mass is 10.3. The fourth-order valence-electron chi connectivity index (χ4n) is 1.02. The highest BCUT2D eigenvalue weighted by atomic mass is 79.9. The second kappa shape index (κ2) is 4.91. The number of nitrogens with zero attached hydrogens (tertiary/aromatic N) is 1. The maximum atomic E-state index is 13.4. The van der Waals surface area contributed by atoms with Gasteiger partial charge in [-0.25, -0.2) is 12.8 Å². The van der Waals surface area contributed by atoms with Crippen LogP contribution < -0.4 is 4.72 Å². The molecule has 1 N–H and O–H groups in total. The molecule has 0 saturated heterocycles. The number of benzene rings is 1. The number of halogens is 2. The first-order chi connectivity index (χ1) is 7.36. The number of hydrogen-bond acceptors (Lipinski definition) is 3. The molecule has 1 unspecified atom stereocenters. The van der Waals surface area contributed by atoms with E-state index in [4.69, 9.17) is 5.26 Å². The number of rotatable bonds is 3. The molecule has 0 aliphatic rings. The van der Waals surface area contributed by atoms with Gasteiger partial charge in [0.25, 0.3) is 0 Å². The summed E-state index contributed by atoms with van der Waals surface area (Å²) >= 11 is 3.02. The summed E-state index contributed by atoms with van der Waals surface area (Å²) in [6.07, 6.45) is 0. The molecule has 0 saturated carbocycles. The molecule has 7 heteroatoms. The topological polar surface area (TPSA) is 70.0 Å². The summed E-state index contributed by atoms with van der Waals surface area (Å²) in [7, 11) is -3.99. The second-order valence-corrected chi connectivity index (χ2v) is 5.64. The molecule has 0 aromatic heterocycles. The molecule has 0 spiro atoms. The highest BCUT2D eigenvalue weighted by Crippen LogP contribution is 2.19. The maximum absolute atomic E-state index is 13.4. The van der Waals surface area contributed by atoms with E-state index in [2.05, 4.69) is 15.9 Å².